The number of nitrogens with one attached hydrogen (secondary N) is 1. The number of rotatable bonds is 4. The van der Waals surface area contributed by atoms with Crippen molar-refractivity contribution in [3.8, 4) is 0 Å². The van der Waals surface area contributed by atoms with E-state index in [0.717, 1.165) is 34.1 Å². The molecule has 0 radical (unpaired) electrons. The van der Waals surface area contributed by atoms with Crippen LogP contribution in [-0.2, 0) is 14.8 Å². The smallest absolute Gasteiger partial charge is 0.243 e. The Morgan fingerprint density at radius 3 is 2.52 bits per heavy atom. The van der Waals surface area contributed by atoms with E-state index >= 15 is 0 Å². The zero-order valence-corrected chi connectivity index (χ0v) is 17.8. The van der Waals surface area contributed by atoms with Crippen molar-refractivity contribution in [3.05, 3.63) is 58.1 Å². The van der Waals surface area contributed by atoms with Gasteiger partial charge >= 0.3 is 0 Å². The number of carbonyl (C=O) groups is 1. The van der Waals surface area contributed by atoms with E-state index in [0.29, 0.717) is 13.0 Å². The molecule has 1 aliphatic heterocycles. The number of hydrogen-bond acceptors (Lipinski definition) is 3. The van der Waals surface area contributed by atoms with Crippen LogP contribution in [0.5, 0.6) is 0 Å². The molecule has 0 saturated carbocycles. The van der Waals surface area contributed by atoms with Gasteiger partial charge in [-0.3, -0.25) is 4.79 Å². The number of anilines is 1. The fourth-order valence-corrected chi connectivity index (χ4v) is 5.22. The maximum Gasteiger partial charge on any atom is 0.243 e. The fourth-order valence-electron chi connectivity index (χ4n) is 3.30. The molecule has 0 aromatic heterocycles. The van der Waals surface area contributed by atoms with Gasteiger partial charge in [0.05, 0.1) is 4.90 Å². The molecule has 1 atom stereocenters. The van der Waals surface area contributed by atoms with Crippen LogP contribution in [0.25, 0.3) is 0 Å². The molecule has 1 aliphatic rings. The van der Waals surface area contributed by atoms with E-state index in [9.17, 15) is 13.2 Å². The van der Waals surface area contributed by atoms with Crippen LogP contribution in [0.2, 0.25) is 0 Å². The van der Waals surface area contributed by atoms with Gasteiger partial charge in [-0.1, -0.05) is 34.5 Å². The molecule has 0 aliphatic carbocycles. The summed E-state index contributed by atoms with van der Waals surface area (Å²) in [5.74, 6) is -0.274. The highest BCUT2D eigenvalue weighted by atomic mass is 79.9. The van der Waals surface area contributed by atoms with Crippen molar-refractivity contribution >= 4 is 37.5 Å². The van der Waals surface area contributed by atoms with Gasteiger partial charge < -0.3 is 5.32 Å². The van der Waals surface area contributed by atoms with Crippen LogP contribution >= 0.6 is 15.9 Å². The number of nitrogens with zero attached hydrogens (tertiary/aromatic N) is 1. The van der Waals surface area contributed by atoms with Crippen molar-refractivity contribution in [1.29, 1.82) is 0 Å². The maximum absolute atomic E-state index is 13.1. The number of halogens is 1. The van der Waals surface area contributed by atoms with Gasteiger partial charge in [0.25, 0.3) is 0 Å². The number of amides is 1. The molecule has 7 heteroatoms. The lowest BCUT2D eigenvalue weighted by molar-refractivity contribution is -0.120. The summed E-state index contributed by atoms with van der Waals surface area (Å²) in [6, 6.07) is 11.5. The number of hydrogen-bond donors (Lipinski definition) is 1. The van der Waals surface area contributed by atoms with Crippen molar-refractivity contribution in [3.63, 3.8) is 0 Å². The van der Waals surface area contributed by atoms with Crippen LogP contribution in [0.1, 0.15) is 30.4 Å². The minimum Gasteiger partial charge on any atom is -0.324 e. The van der Waals surface area contributed by atoms with Crippen LogP contribution in [-0.4, -0.2) is 31.2 Å². The van der Waals surface area contributed by atoms with E-state index in [4.69, 9.17) is 0 Å². The lowest BCUT2D eigenvalue weighted by Crippen LogP contribution is -2.49. The average Bonchev–Trinajstić information content (AvgIpc) is 2.66. The quantitative estimate of drug-likeness (QED) is 0.756. The second-order valence-electron chi connectivity index (χ2n) is 6.82. The van der Waals surface area contributed by atoms with Gasteiger partial charge in [0.2, 0.25) is 15.9 Å². The van der Waals surface area contributed by atoms with Crippen molar-refractivity contribution < 1.29 is 13.2 Å². The number of aryl methyl sites for hydroxylation is 1. The first-order chi connectivity index (χ1) is 12.8. The molecule has 0 unspecified atom stereocenters. The summed E-state index contributed by atoms with van der Waals surface area (Å²) in [6.07, 6.45) is 2.10. The third-order valence-electron chi connectivity index (χ3n) is 5.04. The van der Waals surface area contributed by atoms with Crippen LogP contribution in [0, 0.1) is 13.8 Å². The molecule has 0 bridgehead atoms. The predicted octanol–water partition coefficient (Wildman–Crippen LogP) is 4.25. The van der Waals surface area contributed by atoms with E-state index in [1.165, 1.54) is 4.31 Å². The molecular weight excluding hydrogens is 428 g/mol. The molecule has 1 N–H and O–H groups in total. The molecule has 27 heavy (non-hydrogen) atoms. The zero-order chi connectivity index (χ0) is 19.6. The predicted molar refractivity (Wildman–Crippen MR) is 110 cm³/mol. The Balaban J connectivity index is 1.87. The molecule has 1 amide bonds. The lowest BCUT2D eigenvalue weighted by atomic mass is 10.0. The first-order valence-electron chi connectivity index (χ1n) is 8.95. The summed E-state index contributed by atoms with van der Waals surface area (Å²) in [5, 5.41) is 2.93. The van der Waals surface area contributed by atoms with E-state index in [-0.39, 0.29) is 10.8 Å². The van der Waals surface area contributed by atoms with Crippen LogP contribution in [0.15, 0.2) is 51.8 Å². The number of piperidine rings is 1. The average molecular weight is 451 g/mol. The summed E-state index contributed by atoms with van der Waals surface area (Å²) in [4.78, 5) is 13.2. The molecule has 2 aromatic carbocycles. The number of carbonyl (C=O) groups excluding carboxylic acids is 1. The molecular formula is C20H23BrN2O3S. The zero-order valence-electron chi connectivity index (χ0n) is 15.4. The highest BCUT2D eigenvalue weighted by Crippen LogP contribution is 2.28. The molecule has 2 aromatic rings. The summed E-state index contributed by atoms with van der Waals surface area (Å²) >= 11 is 3.32. The molecule has 0 spiro atoms. The van der Waals surface area contributed by atoms with Crippen LogP contribution in [0.3, 0.4) is 0 Å². The van der Waals surface area contributed by atoms with E-state index in [1.54, 1.807) is 24.3 Å². The van der Waals surface area contributed by atoms with Crippen LogP contribution < -0.4 is 5.32 Å². The minimum absolute atomic E-state index is 0.206. The summed E-state index contributed by atoms with van der Waals surface area (Å²) < 4.78 is 28.4. The SMILES string of the molecule is Cc1cccc(NC(=O)[C@H]2CCCCN2S(=O)(=O)c2ccc(Br)cc2)c1C. The van der Waals surface area contributed by atoms with E-state index < -0.39 is 16.1 Å². The van der Waals surface area contributed by atoms with E-state index in [1.807, 2.05) is 32.0 Å². The molecule has 144 valence electrons. The topological polar surface area (TPSA) is 66.5 Å². The Bertz CT molecular complexity index is 942. The minimum atomic E-state index is -3.73. The number of benzene rings is 2. The first kappa shape index (κ1) is 20.0. The molecule has 5 nitrogen and oxygen atoms in total. The first-order valence-corrected chi connectivity index (χ1v) is 11.2. The Hall–Kier alpha value is -1.70. The summed E-state index contributed by atoms with van der Waals surface area (Å²) in [5.41, 5.74) is 2.80. The largest absolute Gasteiger partial charge is 0.324 e. The van der Waals surface area contributed by atoms with Gasteiger partial charge in [0.15, 0.2) is 0 Å². The monoisotopic (exact) mass is 450 g/mol. The summed E-state index contributed by atoms with van der Waals surface area (Å²) in [6.45, 7) is 4.28. The highest BCUT2D eigenvalue weighted by Gasteiger charge is 2.37. The van der Waals surface area contributed by atoms with E-state index in [2.05, 4.69) is 21.2 Å². The van der Waals surface area contributed by atoms with Gasteiger partial charge in [-0.15, -0.1) is 0 Å². The van der Waals surface area contributed by atoms with Crippen molar-refractivity contribution in [2.24, 2.45) is 0 Å². The van der Waals surface area contributed by atoms with Gasteiger partial charge in [0.1, 0.15) is 6.04 Å². The number of sulfonamides is 1. The second kappa shape index (κ2) is 8.12. The third-order valence-corrected chi connectivity index (χ3v) is 7.49. The molecule has 1 heterocycles. The second-order valence-corrected chi connectivity index (χ2v) is 9.62. The van der Waals surface area contributed by atoms with Gasteiger partial charge in [-0.25, -0.2) is 8.42 Å². The van der Waals surface area contributed by atoms with Crippen molar-refractivity contribution in [2.45, 2.75) is 44.0 Å². The highest BCUT2D eigenvalue weighted by molar-refractivity contribution is 9.10. The Morgan fingerprint density at radius 1 is 1.11 bits per heavy atom. The Kier molecular flexibility index (Phi) is 6.03. The van der Waals surface area contributed by atoms with Gasteiger partial charge in [0, 0.05) is 16.7 Å². The van der Waals surface area contributed by atoms with Crippen LogP contribution in [0.4, 0.5) is 5.69 Å². The lowest BCUT2D eigenvalue weighted by Gasteiger charge is -2.33. The Morgan fingerprint density at radius 2 is 1.81 bits per heavy atom. The third kappa shape index (κ3) is 4.25. The standard InChI is InChI=1S/C20H23BrN2O3S/c1-14-6-5-7-18(15(14)2)22-20(24)19-8-3-4-13-23(19)27(25,26)17-11-9-16(21)10-12-17/h5-7,9-12,19H,3-4,8,13H2,1-2H3,(H,22,24)/t19-/m1/s1. The Labute approximate surface area is 169 Å². The van der Waals surface area contributed by atoms with Crippen molar-refractivity contribution in [1.82, 2.24) is 4.31 Å². The molecule has 1 fully saturated rings. The normalized spacial score (nSPS) is 18.3. The van der Waals surface area contributed by atoms with Crippen molar-refractivity contribution in [2.75, 3.05) is 11.9 Å². The van der Waals surface area contributed by atoms with Gasteiger partial charge in [-0.2, -0.15) is 4.31 Å². The molecule has 3 rings (SSSR count). The maximum atomic E-state index is 13.1. The molecule has 1 saturated heterocycles. The van der Waals surface area contributed by atoms with Gasteiger partial charge in [-0.05, 0) is 68.1 Å². The summed E-state index contributed by atoms with van der Waals surface area (Å²) in [7, 11) is -3.73. The fraction of sp³-hybridized carbons (Fsp3) is 0.350.